The molecule has 2 rings (SSSR count). The fraction of sp³-hybridized carbons (Fsp3) is 0.188. The monoisotopic (exact) mass is 366 g/mol. The summed E-state index contributed by atoms with van der Waals surface area (Å²) in [6.07, 6.45) is 0. The maximum absolute atomic E-state index is 12.1. The predicted molar refractivity (Wildman–Crippen MR) is 92.0 cm³/mol. The summed E-state index contributed by atoms with van der Waals surface area (Å²) in [7, 11) is 0. The molecule has 21 heavy (non-hydrogen) atoms. The molecule has 2 aromatic carbocycles. The molecule has 0 aliphatic carbocycles. The van der Waals surface area contributed by atoms with Crippen molar-refractivity contribution in [3.05, 3.63) is 57.5 Å². The van der Waals surface area contributed by atoms with Gasteiger partial charge >= 0.3 is 0 Å². The van der Waals surface area contributed by atoms with Gasteiger partial charge in [0.15, 0.2) is 0 Å². The Kier molecular flexibility index (Phi) is 5.26. The second-order valence-electron chi connectivity index (χ2n) is 4.85. The standard InChI is InChI=1S/C16H16BrClN2O/c1-10-3-5-12(6-4-10)20-16(21)11(2)19-13-7-8-15(18)14(17)9-13/h3-9,11,19H,1-2H3,(H,20,21). The number of rotatable bonds is 4. The summed E-state index contributed by atoms with van der Waals surface area (Å²) in [5.41, 5.74) is 2.78. The fourth-order valence-corrected chi connectivity index (χ4v) is 2.29. The van der Waals surface area contributed by atoms with Crippen molar-refractivity contribution in [2.45, 2.75) is 19.9 Å². The van der Waals surface area contributed by atoms with E-state index in [1.165, 1.54) is 0 Å². The van der Waals surface area contributed by atoms with Crippen LogP contribution in [0.3, 0.4) is 0 Å². The highest BCUT2D eigenvalue weighted by Crippen LogP contribution is 2.25. The zero-order valence-corrected chi connectivity index (χ0v) is 14.1. The molecular formula is C16H16BrClN2O. The van der Waals surface area contributed by atoms with Gasteiger partial charge in [-0.15, -0.1) is 0 Å². The Bertz CT molecular complexity index is 643. The maximum atomic E-state index is 12.1. The van der Waals surface area contributed by atoms with Gasteiger partial charge in [0.1, 0.15) is 6.04 Å². The van der Waals surface area contributed by atoms with Crippen LogP contribution >= 0.6 is 27.5 Å². The summed E-state index contributed by atoms with van der Waals surface area (Å²) in [4.78, 5) is 12.1. The van der Waals surface area contributed by atoms with Gasteiger partial charge in [0.2, 0.25) is 5.91 Å². The molecule has 5 heteroatoms. The molecule has 0 saturated carbocycles. The van der Waals surface area contributed by atoms with Crippen molar-refractivity contribution in [3.63, 3.8) is 0 Å². The number of hydrogen-bond donors (Lipinski definition) is 2. The quantitative estimate of drug-likeness (QED) is 0.811. The largest absolute Gasteiger partial charge is 0.374 e. The first-order valence-corrected chi connectivity index (χ1v) is 7.72. The van der Waals surface area contributed by atoms with Crippen LogP contribution in [0.15, 0.2) is 46.9 Å². The molecule has 1 amide bonds. The van der Waals surface area contributed by atoms with Gasteiger partial charge in [-0.2, -0.15) is 0 Å². The summed E-state index contributed by atoms with van der Waals surface area (Å²) in [6.45, 7) is 3.82. The highest BCUT2D eigenvalue weighted by Gasteiger charge is 2.13. The van der Waals surface area contributed by atoms with Crippen molar-refractivity contribution < 1.29 is 4.79 Å². The number of hydrogen-bond acceptors (Lipinski definition) is 2. The van der Waals surface area contributed by atoms with Crippen LogP contribution in [0.2, 0.25) is 5.02 Å². The van der Waals surface area contributed by atoms with Crippen LogP contribution in [0.1, 0.15) is 12.5 Å². The molecule has 2 aromatic rings. The summed E-state index contributed by atoms with van der Waals surface area (Å²) in [6, 6.07) is 12.8. The van der Waals surface area contributed by atoms with Gasteiger partial charge in [-0.3, -0.25) is 4.79 Å². The molecule has 0 spiro atoms. The molecule has 0 bridgehead atoms. The van der Waals surface area contributed by atoms with Crippen LogP contribution < -0.4 is 10.6 Å². The topological polar surface area (TPSA) is 41.1 Å². The minimum atomic E-state index is -0.362. The van der Waals surface area contributed by atoms with Crippen LogP contribution in [0.25, 0.3) is 0 Å². The number of benzene rings is 2. The van der Waals surface area contributed by atoms with E-state index in [0.717, 1.165) is 21.4 Å². The average Bonchev–Trinajstić information content (AvgIpc) is 2.45. The smallest absolute Gasteiger partial charge is 0.246 e. The van der Waals surface area contributed by atoms with E-state index in [0.29, 0.717) is 5.02 Å². The van der Waals surface area contributed by atoms with Crippen molar-refractivity contribution in [3.8, 4) is 0 Å². The molecule has 1 unspecified atom stereocenters. The summed E-state index contributed by atoms with van der Waals surface area (Å²) in [5, 5.41) is 6.65. The summed E-state index contributed by atoms with van der Waals surface area (Å²) < 4.78 is 0.792. The van der Waals surface area contributed by atoms with Gasteiger partial charge < -0.3 is 10.6 Å². The van der Waals surface area contributed by atoms with Crippen molar-refractivity contribution in [2.75, 3.05) is 10.6 Å². The molecule has 0 aliphatic rings. The first-order valence-electron chi connectivity index (χ1n) is 6.55. The molecule has 0 aromatic heterocycles. The molecule has 2 N–H and O–H groups in total. The SMILES string of the molecule is Cc1ccc(NC(=O)C(C)Nc2ccc(Cl)c(Br)c2)cc1. The number of amides is 1. The number of carbonyl (C=O) groups excluding carboxylic acids is 1. The zero-order valence-electron chi connectivity index (χ0n) is 11.8. The van der Waals surface area contributed by atoms with Gasteiger partial charge in [-0.25, -0.2) is 0 Å². The van der Waals surface area contributed by atoms with Gasteiger partial charge in [0.05, 0.1) is 5.02 Å². The van der Waals surface area contributed by atoms with Crippen LogP contribution in [0.4, 0.5) is 11.4 Å². The van der Waals surface area contributed by atoms with E-state index in [-0.39, 0.29) is 11.9 Å². The molecule has 110 valence electrons. The second-order valence-corrected chi connectivity index (χ2v) is 6.11. The van der Waals surface area contributed by atoms with E-state index in [1.54, 1.807) is 6.07 Å². The Balaban J connectivity index is 1.98. The number of carbonyl (C=O) groups is 1. The van der Waals surface area contributed by atoms with Gasteiger partial charge in [0, 0.05) is 15.8 Å². The fourth-order valence-electron chi connectivity index (χ4n) is 1.79. The average molecular weight is 368 g/mol. The number of aryl methyl sites for hydroxylation is 1. The lowest BCUT2D eigenvalue weighted by molar-refractivity contribution is -0.116. The van der Waals surface area contributed by atoms with Gasteiger partial charge in [-0.1, -0.05) is 29.3 Å². The molecule has 1 atom stereocenters. The molecule has 3 nitrogen and oxygen atoms in total. The van der Waals surface area contributed by atoms with Gasteiger partial charge in [0.25, 0.3) is 0 Å². The molecule has 0 radical (unpaired) electrons. The van der Waals surface area contributed by atoms with E-state index < -0.39 is 0 Å². The molecular weight excluding hydrogens is 352 g/mol. The second kappa shape index (κ2) is 6.96. The van der Waals surface area contributed by atoms with Crippen molar-refractivity contribution in [1.29, 1.82) is 0 Å². The Morgan fingerprint density at radius 3 is 2.38 bits per heavy atom. The van der Waals surface area contributed by atoms with Gasteiger partial charge in [-0.05, 0) is 60.1 Å². The van der Waals surface area contributed by atoms with Crippen molar-refractivity contribution >= 4 is 44.8 Å². The Morgan fingerprint density at radius 2 is 1.76 bits per heavy atom. The summed E-state index contributed by atoms with van der Waals surface area (Å²) >= 11 is 9.31. The third-order valence-corrected chi connectivity index (χ3v) is 4.23. The van der Waals surface area contributed by atoms with E-state index >= 15 is 0 Å². The predicted octanol–water partition coefficient (Wildman–Crippen LogP) is 4.85. The number of halogens is 2. The third-order valence-electron chi connectivity index (χ3n) is 3.02. The van der Waals surface area contributed by atoms with Crippen LogP contribution in [-0.2, 0) is 4.79 Å². The van der Waals surface area contributed by atoms with Crippen LogP contribution in [-0.4, -0.2) is 11.9 Å². The molecule has 0 fully saturated rings. The lowest BCUT2D eigenvalue weighted by atomic mass is 10.2. The van der Waals surface area contributed by atoms with Crippen molar-refractivity contribution in [1.82, 2.24) is 0 Å². The molecule has 0 aliphatic heterocycles. The van der Waals surface area contributed by atoms with E-state index in [9.17, 15) is 4.79 Å². The first-order chi connectivity index (χ1) is 9.95. The van der Waals surface area contributed by atoms with Crippen LogP contribution in [0.5, 0.6) is 0 Å². The van der Waals surface area contributed by atoms with Crippen LogP contribution in [0, 0.1) is 6.92 Å². The normalized spacial score (nSPS) is 11.8. The number of nitrogens with one attached hydrogen (secondary N) is 2. The highest BCUT2D eigenvalue weighted by atomic mass is 79.9. The Labute approximate surface area is 137 Å². The summed E-state index contributed by atoms with van der Waals surface area (Å²) in [5.74, 6) is -0.0927. The first kappa shape index (κ1) is 15.9. The zero-order chi connectivity index (χ0) is 15.4. The minimum Gasteiger partial charge on any atom is -0.374 e. The highest BCUT2D eigenvalue weighted by molar-refractivity contribution is 9.10. The Hall–Kier alpha value is -1.52. The van der Waals surface area contributed by atoms with E-state index in [2.05, 4.69) is 26.6 Å². The lowest BCUT2D eigenvalue weighted by Crippen LogP contribution is -2.31. The maximum Gasteiger partial charge on any atom is 0.246 e. The van der Waals surface area contributed by atoms with E-state index in [4.69, 9.17) is 11.6 Å². The number of anilines is 2. The third kappa shape index (κ3) is 4.48. The lowest BCUT2D eigenvalue weighted by Gasteiger charge is -2.16. The molecule has 0 heterocycles. The molecule has 0 saturated heterocycles. The van der Waals surface area contributed by atoms with Crippen molar-refractivity contribution in [2.24, 2.45) is 0 Å². The Morgan fingerprint density at radius 1 is 1.14 bits per heavy atom. The minimum absolute atomic E-state index is 0.0927. The van der Waals surface area contributed by atoms with E-state index in [1.807, 2.05) is 50.2 Å².